The van der Waals surface area contributed by atoms with Gasteiger partial charge in [0.2, 0.25) is 0 Å². The molecule has 3 fully saturated rings. The minimum absolute atomic E-state index is 0.840. The van der Waals surface area contributed by atoms with E-state index in [1.54, 1.807) is 0 Å². The molecular weight excluding hydrogens is 244 g/mol. The van der Waals surface area contributed by atoms with E-state index in [1.807, 2.05) is 0 Å². The summed E-state index contributed by atoms with van der Waals surface area (Å²) in [7, 11) is 0. The highest BCUT2D eigenvalue weighted by Gasteiger charge is 2.35. The fraction of sp³-hybridized carbons (Fsp3) is 1.00. The fourth-order valence-corrected chi connectivity index (χ4v) is 4.78. The summed E-state index contributed by atoms with van der Waals surface area (Å²) in [4.78, 5) is 5.62. The third kappa shape index (κ3) is 3.39. The van der Waals surface area contributed by atoms with Crippen LogP contribution in [0.25, 0.3) is 0 Å². The van der Waals surface area contributed by atoms with Crippen LogP contribution in [0.4, 0.5) is 0 Å². The lowest BCUT2D eigenvalue weighted by Crippen LogP contribution is -2.56. The van der Waals surface area contributed by atoms with Crippen molar-refractivity contribution in [1.29, 1.82) is 0 Å². The highest BCUT2D eigenvalue weighted by atomic mass is 15.3. The molecule has 2 atom stereocenters. The molecule has 116 valence electrons. The third-order valence-electron chi connectivity index (χ3n) is 6.34. The quantitative estimate of drug-likeness (QED) is 0.772. The van der Waals surface area contributed by atoms with Gasteiger partial charge in [0.15, 0.2) is 0 Å². The average molecular weight is 278 g/mol. The molecule has 0 bridgehead atoms. The van der Waals surface area contributed by atoms with Crippen LogP contribution in [0.2, 0.25) is 0 Å². The topological polar surface area (TPSA) is 6.48 Å². The van der Waals surface area contributed by atoms with E-state index in [9.17, 15) is 0 Å². The molecule has 2 nitrogen and oxygen atoms in total. The molecule has 2 heterocycles. The molecule has 3 aliphatic rings. The Balaban J connectivity index is 1.48. The maximum absolute atomic E-state index is 2.85. The molecule has 0 N–H and O–H groups in total. The summed E-state index contributed by atoms with van der Waals surface area (Å²) < 4.78 is 0. The van der Waals surface area contributed by atoms with Crippen LogP contribution in [0.1, 0.15) is 65.2 Å². The van der Waals surface area contributed by atoms with E-state index in [0.717, 1.165) is 23.9 Å². The zero-order valence-electron chi connectivity index (χ0n) is 13.7. The molecule has 20 heavy (non-hydrogen) atoms. The Morgan fingerprint density at radius 2 is 1.80 bits per heavy atom. The van der Waals surface area contributed by atoms with Crippen LogP contribution in [-0.4, -0.2) is 48.1 Å². The average Bonchev–Trinajstić information content (AvgIpc) is 2.92. The first-order chi connectivity index (χ1) is 9.76. The van der Waals surface area contributed by atoms with E-state index in [2.05, 4.69) is 23.6 Å². The van der Waals surface area contributed by atoms with Gasteiger partial charge in [-0.25, -0.2) is 0 Å². The molecule has 2 unspecified atom stereocenters. The summed E-state index contributed by atoms with van der Waals surface area (Å²) >= 11 is 0. The van der Waals surface area contributed by atoms with Crippen LogP contribution < -0.4 is 0 Å². The molecule has 3 rings (SSSR count). The monoisotopic (exact) mass is 278 g/mol. The maximum atomic E-state index is 2.85. The van der Waals surface area contributed by atoms with Crippen LogP contribution in [0.15, 0.2) is 0 Å². The Labute approximate surface area is 125 Å². The summed E-state index contributed by atoms with van der Waals surface area (Å²) in [6.07, 6.45) is 11.7. The van der Waals surface area contributed by atoms with Crippen molar-refractivity contribution in [3.8, 4) is 0 Å². The fourth-order valence-electron chi connectivity index (χ4n) is 4.78. The molecule has 1 aliphatic carbocycles. The second kappa shape index (κ2) is 6.79. The second-order valence-corrected chi connectivity index (χ2v) is 7.76. The number of nitrogens with zero attached hydrogens (tertiary/aromatic N) is 2. The van der Waals surface area contributed by atoms with Crippen molar-refractivity contribution in [2.24, 2.45) is 11.8 Å². The van der Waals surface area contributed by atoms with Gasteiger partial charge in [-0.1, -0.05) is 39.5 Å². The van der Waals surface area contributed by atoms with Crippen molar-refractivity contribution in [1.82, 2.24) is 9.80 Å². The smallest absolute Gasteiger partial charge is 0.0224 e. The molecule has 0 spiro atoms. The van der Waals surface area contributed by atoms with Crippen molar-refractivity contribution in [3.63, 3.8) is 0 Å². The first kappa shape index (κ1) is 14.8. The van der Waals surface area contributed by atoms with Gasteiger partial charge in [0.05, 0.1) is 0 Å². The maximum Gasteiger partial charge on any atom is 0.0224 e. The van der Waals surface area contributed by atoms with Gasteiger partial charge in [0.25, 0.3) is 0 Å². The molecule has 0 amide bonds. The number of rotatable bonds is 4. The number of piperazine rings is 1. The van der Waals surface area contributed by atoms with Crippen LogP contribution >= 0.6 is 0 Å². The zero-order chi connectivity index (χ0) is 13.9. The summed E-state index contributed by atoms with van der Waals surface area (Å²) in [5, 5.41) is 0. The predicted molar refractivity (Wildman–Crippen MR) is 86.0 cm³/mol. The number of hydrogen-bond acceptors (Lipinski definition) is 2. The van der Waals surface area contributed by atoms with Crippen LogP contribution in [0, 0.1) is 11.8 Å². The van der Waals surface area contributed by atoms with E-state index in [-0.39, 0.29) is 0 Å². The number of fused-ring (bicyclic) bond motifs is 1. The largest absolute Gasteiger partial charge is 0.298 e. The van der Waals surface area contributed by atoms with Crippen molar-refractivity contribution >= 4 is 0 Å². The summed E-state index contributed by atoms with van der Waals surface area (Å²) in [6.45, 7) is 10.3. The van der Waals surface area contributed by atoms with Crippen LogP contribution in [-0.2, 0) is 0 Å². The summed E-state index contributed by atoms with van der Waals surface area (Å²) in [6, 6.07) is 1.73. The van der Waals surface area contributed by atoms with Gasteiger partial charge < -0.3 is 0 Å². The Hall–Kier alpha value is -0.0800. The van der Waals surface area contributed by atoms with Crippen molar-refractivity contribution in [3.05, 3.63) is 0 Å². The lowest BCUT2D eigenvalue weighted by molar-refractivity contribution is 0.0434. The Morgan fingerprint density at radius 1 is 1.00 bits per heavy atom. The van der Waals surface area contributed by atoms with E-state index in [0.29, 0.717) is 0 Å². The molecule has 2 saturated heterocycles. The predicted octanol–water partition coefficient (Wildman–Crippen LogP) is 3.76. The zero-order valence-corrected chi connectivity index (χ0v) is 13.7. The highest BCUT2D eigenvalue weighted by Crippen LogP contribution is 2.32. The standard InChI is InChI=1S/C18H34N2/c1-3-17-13-19-11-4-5-18(19)14-20(17)12-10-16-8-6-15(2)7-9-16/h15-18H,3-14H2,1-2H3. The third-order valence-corrected chi connectivity index (χ3v) is 6.34. The van der Waals surface area contributed by atoms with Crippen molar-refractivity contribution in [2.75, 3.05) is 26.2 Å². The summed E-state index contributed by atoms with van der Waals surface area (Å²) in [5.74, 6) is 2.03. The van der Waals surface area contributed by atoms with Gasteiger partial charge in [-0.05, 0) is 50.6 Å². The van der Waals surface area contributed by atoms with Gasteiger partial charge in [-0.15, -0.1) is 0 Å². The van der Waals surface area contributed by atoms with E-state index < -0.39 is 0 Å². The Morgan fingerprint density at radius 3 is 2.55 bits per heavy atom. The molecule has 0 aromatic rings. The molecular formula is C18H34N2. The van der Waals surface area contributed by atoms with Gasteiger partial charge in [0.1, 0.15) is 0 Å². The second-order valence-electron chi connectivity index (χ2n) is 7.76. The molecule has 2 aliphatic heterocycles. The first-order valence-electron chi connectivity index (χ1n) is 9.24. The molecule has 0 aromatic heterocycles. The number of hydrogen-bond donors (Lipinski definition) is 0. The Bertz CT molecular complexity index is 296. The van der Waals surface area contributed by atoms with E-state index in [1.165, 1.54) is 77.5 Å². The van der Waals surface area contributed by atoms with Gasteiger partial charge in [0, 0.05) is 25.2 Å². The van der Waals surface area contributed by atoms with E-state index >= 15 is 0 Å². The minimum Gasteiger partial charge on any atom is -0.298 e. The SMILES string of the molecule is CCC1CN2CCCC2CN1CCC1CCC(C)CC1. The van der Waals surface area contributed by atoms with Gasteiger partial charge >= 0.3 is 0 Å². The highest BCUT2D eigenvalue weighted by molar-refractivity contribution is 4.91. The lowest BCUT2D eigenvalue weighted by Gasteiger charge is -2.44. The Kier molecular flexibility index (Phi) is 5.04. The lowest BCUT2D eigenvalue weighted by atomic mass is 9.81. The van der Waals surface area contributed by atoms with E-state index in [4.69, 9.17) is 0 Å². The molecule has 0 aromatic carbocycles. The molecule has 1 saturated carbocycles. The summed E-state index contributed by atoms with van der Waals surface area (Å²) in [5.41, 5.74) is 0. The first-order valence-corrected chi connectivity index (χ1v) is 9.24. The minimum atomic E-state index is 0.840. The van der Waals surface area contributed by atoms with Crippen molar-refractivity contribution in [2.45, 2.75) is 77.3 Å². The van der Waals surface area contributed by atoms with Crippen LogP contribution in [0.3, 0.4) is 0 Å². The molecule has 0 radical (unpaired) electrons. The molecule has 2 heteroatoms. The van der Waals surface area contributed by atoms with Crippen molar-refractivity contribution < 1.29 is 0 Å². The normalized spacial score (nSPS) is 39.9. The van der Waals surface area contributed by atoms with Crippen LogP contribution in [0.5, 0.6) is 0 Å². The van der Waals surface area contributed by atoms with Gasteiger partial charge in [-0.3, -0.25) is 9.80 Å². The van der Waals surface area contributed by atoms with Gasteiger partial charge in [-0.2, -0.15) is 0 Å².